The molecule has 1 aliphatic rings. The van der Waals surface area contributed by atoms with Crippen LogP contribution >= 0.6 is 0 Å². The molecular weight excluding hydrogens is 378 g/mol. The number of anilines is 2. The second-order valence-electron chi connectivity index (χ2n) is 7.61. The van der Waals surface area contributed by atoms with Crippen molar-refractivity contribution in [3.05, 3.63) is 70.5 Å². The van der Waals surface area contributed by atoms with Crippen molar-refractivity contribution in [2.24, 2.45) is 0 Å². The van der Waals surface area contributed by atoms with Gasteiger partial charge in [0.05, 0.1) is 12.8 Å². The van der Waals surface area contributed by atoms with E-state index in [2.05, 4.69) is 44.3 Å². The fourth-order valence-corrected chi connectivity index (χ4v) is 3.52. The van der Waals surface area contributed by atoms with E-state index in [1.807, 2.05) is 36.4 Å². The number of hydrogen-bond acceptors (Lipinski definition) is 6. The molecular formula is C23H27N5O2. The molecule has 1 saturated heterocycles. The maximum absolute atomic E-state index is 12.1. The molecule has 0 saturated carbocycles. The molecule has 1 aliphatic heterocycles. The molecule has 4 rings (SSSR count). The third kappa shape index (κ3) is 5.06. The number of ether oxygens (including phenoxy) is 1. The molecule has 1 aromatic heterocycles. The number of hydrogen-bond donors (Lipinski definition) is 2. The van der Waals surface area contributed by atoms with Crippen LogP contribution < -0.4 is 15.6 Å². The monoisotopic (exact) mass is 405 g/mol. The Labute approximate surface area is 176 Å². The van der Waals surface area contributed by atoms with Crippen LogP contribution in [-0.4, -0.2) is 60.1 Å². The molecule has 30 heavy (non-hydrogen) atoms. The fraction of sp³-hybridized carbons (Fsp3) is 0.304. The van der Waals surface area contributed by atoms with Crippen molar-refractivity contribution in [3.63, 3.8) is 0 Å². The van der Waals surface area contributed by atoms with Crippen LogP contribution in [0.15, 0.2) is 59.4 Å². The van der Waals surface area contributed by atoms with E-state index in [1.54, 1.807) is 7.11 Å². The van der Waals surface area contributed by atoms with Crippen LogP contribution in [-0.2, 0) is 6.54 Å². The van der Waals surface area contributed by atoms with Crippen molar-refractivity contribution in [1.82, 2.24) is 19.8 Å². The van der Waals surface area contributed by atoms with Gasteiger partial charge < -0.3 is 15.0 Å². The summed E-state index contributed by atoms with van der Waals surface area (Å²) in [6.45, 7) is 5.38. The van der Waals surface area contributed by atoms with E-state index < -0.39 is 0 Å². The molecule has 1 fully saturated rings. The maximum Gasteiger partial charge on any atom is 0.252 e. The second-order valence-corrected chi connectivity index (χ2v) is 7.61. The van der Waals surface area contributed by atoms with Gasteiger partial charge in [0, 0.05) is 50.0 Å². The third-order valence-corrected chi connectivity index (χ3v) is 5.35. The van der Waals surface area contributed by atoms with Gasteiger partial charge in [-0.05, 0) is 49.0 Å². The first kappa shape index (κ1) is 20.1. The van der Waals surface area contributed by atoms with E-state index in [4.69, 9.17) is 4.74 Å². The van der Waals surface area contributed by atoms with E-state index in [0.717, 1.165) is 49.7 Å². The molecule has 0 radical (unpaired) electrons. The van der Waals surface area contributed by atoms with Crippen molar-refractivity contribution in [3.8, 4) is 17.0 Å². The zero-order valence-electron chi connectivity index (χ0n) is 17.4. The van der Waals surface area contributed by atoms with Gasteiger partial charge in [-0.1, -0.05) is 12.1 Å². The summed E-state index contributed by atoms with van der Waals surface area (Å²) in [5.74, 6) is 1.18. The predicted molar refractivity (Wildman–Crippen MR) is 119 cm³/mol. The van der Waals surface area contributed by atoms with Crippen LogP contribution in [0.2, 0.25) is 0 Å². The summed E-state index contributed by atoms with van der Waals surface area (Å²) in [6.07, 6.45) is 0. The molecule has 156 valence electrons. The molecule has 3 aromatic rings. The summed E-state index contributed by atoms with van der Waals surface area (Å²) >= 11 is 0. The highest BCUT2D eigenvalue weighted by Crippen LogP contribution is 2.21. The first-order valence-electron chi connectivity index (χ1n) is 10.1. The average Bonchev–Trinajstić information content (AvgIpc) is 2.76. The van der Waals surface area contributed by atoms with Crippen LogP contribution in [0.1, 0.15) is 5.56 Å². The van der Waals surface area contributed by atoms with E-state index >= 15 is 0 Å². The highest BCUT2D eigenvalue weighted by Gasteiger charge is 2.13. The average molecular weight is 406 g/mol. The zero-order chi connectivity index (χ0) is 20.9. The number of H-pyrrole nitrogens is 1. The van der Waals surface area contributed by atoms with Gasteiger partial charge in [0.15, 0.2) is 0 Å². The smallest absolute Gasteiger partial charge is 0.252 e. The lowest BCUT2D eigenvalue weighted by Crippen LogP contribution is -2.43. The van der Waals surface area contributed by atoms with Crippen molar-refractivity contribution in [1.29, 1.82) is 0 Å². The number of aromatic amines is 1. The molecule has 0 unspecified atom stereocenters. The molecule has 0 aliphatic carbocycles. The van der Waals surface area contributed by atoms with Gasteiger partial charge in [0.1, 0.15) is 5.75 Å². The van der Waals surface area contributed by atoms with Crippen LogP contribution in [0.3, 0.4) is 0 Å². The third-order valence-electron chi connectivity index (χ3n) is 5.35. The Hall–Kier alpha value is -3.16. The van der Waals surface area contributed by atoms with Crippen molar-refractivity contribution in [2.75, 3.05) is 45.7 Å². The molecule has 2 aromatic carbocycles. The lowest BCUT2D eigenvalue weighted by atomic mass is 10.1. The largest absolute Gasteiger partial charge is 0.497 e. The summed E-state index contributed by atoms with van der Waals surface area (Å²) in [7, 11) is 3.79. The molecule has 0 bridgehead atoms. The van der Waals surface area contributed by atoms with Crippen LogP contribution in [0.5, 0.6) is 5.75 Å². The molecule has 0 atom stereocenters. The number of piperazine rings is 1. The second kappa shape index (κ2) is 9.11. The molecule has 2 heterocycles. The minimum atomic E-state index is -0.204. The van der Waals surface area contributed by atoms with Gasteiger partial charge >= 0.3 is 0 Å². The number of nitrogens with one attached hydrogen (secondary N) is 2. The van der Waals surface area contributed by atoms with E-state index in [0.29, 0.717) is 11.6 Å². The predicted octanol–water partition coefficient (Wildman–Crippen LogP) is 2.94. The number of benzene rings is 2. The fourth-order valence-electron chi connectivity index (χ4n) is 3.52. The Kier molecular flexibility index (Phi) is 6.11. The summed E-state index contributed by atoms with van der Waals surface area (Å²) < 4.78 is 5.19. The molecule has 7 nitrogen and oxygen atoms in total. The first-order chi connectivity index (χ1) is 14.6. The van der Waals surface area contributed by atoms with Gasteiger partial charge in [-0.2, -0.15) is 0 Å². The highest BCUT2D eigenvalue weighted by atomic mass is 16.5. The molecule has 2 N–H and O–H groups in total. The zero-order valence-corrected chi connectivity index (χ0v) is 17.4. The Morgan fingerprint density at radius 2 is 1.73 bits per heavy atom. The standard InChI is InChI=1S/C23H27N5O2/c1-27-11-13-28(14-12-27)16-17-3-7-19(8-4-17)24-23-25-21(15-22(29)26-23)18-5-9-20(30-2)10-6-18/h3-10,15H,11-14,16H2,1-2H3,(H2,24,25,26,29). The van der Waals surface area contributed by atoms with E-state index in [-0.39, 0.29) is 5.56 Å². The lowest BCUT2D eigenvalue weighted by Gasteiger charge is -2.32. The van der Waals surface area contributed by atoms with E-state index in [1.165, 1.54) is 11.6 Å². The quantitative estimate of drug-likeness (QED) is 0.657. The van der Waals surface area contributed by atoms with Crippen LogP contribution in [0.25, 0.3) is 11.3 Å². The topological polar surface area (TPSA) is 73.5 Å². The van der Waals surface area contributed by atoms with Crippen LogP contribution in [0.4, 0.5) is 11.6 Å². The normalized spacial score (nSPS) is 15.1. The maximum atomic E-state index is 12.1. The Bertz CT molecular complexity index is 1020. The summed E-state index contributed by atoms with van der Waals surface area (Å²) in [5, 5.41) is 3.20. The summed E-state index contributed by atoms with van der Waals surface area (Å²) in [4.78, 5) is 24.3. The minimum Gasteiger partial charge on any atom is -0.497 e. The van der Waals surface area contributed by atoms with Crippen molar-refractivity contribution in [2.45, 2.75) is 6.54 Å². The van der Waals surface area contributed by atoms with Crippen LogP contribution in [0, 0.1) is 0 Å². The number of likely N-dealkylation sites (N-methyl/N-ethyl adjacent to an activating group) is 1. The molecule has 0 spiro atoms. The minimum absolute atomic E-state index is 0.204. The van der Waals surface area contributed by atoms with Crippen molar-refractivity contribution >= 4 is 11.6 Å². The SMILES string of the molecule is COc1ccc(-c2cc(=O)[nH]c(Nc3ccc(CN4CCN(C)CC4)cc3)n2)cc1. The van der Waals surface area contributed by atoms with Gasteiger partial charge in [0.25, 0.3) is 5.56 Å². The van der Waals surface area contributed by atoms with E-state index in [9.17, 15) is 4.79 Å². The Morgan fingerprint density at radius 1 is 1.03 bits per heavy atom. The molecule has 7 heteroatoms. The molecule has 0 amide bonds. The summed E-state index contributed by atoms with van der Waals surface area (Å²) in [6, 6.07) is 17.2. The van der Waals surface area contributed by atoms with Gasteiger partial charge in [-0.25, -0.2) is 4.98 Å². The highest BCUT2D eigenvalue weighted by molar-refractivity contribution is 5.62. The first-order valence-corrected chi connectivity index (χ1v) is 10.1. The van der Waals surface area contributed by atoms with Crippen molar-refractivity contribution < 1.29 is 4.74 Å². The number of methoxy groups -OCH3 is 1. The lowest BCUT2D eigenvalue weighted by molar-refractivity contribution is 0.148. The number of nitrogens with zero attached hydrogens (tertiary/aromatic N) is 3. The summed E-state index contributed by atoms with van der Waals surface area (Å²) in [5.41, 5.74) is 3.42. The number of rotatable bonds is 6. The van der Waals surface area contributed by atoms with Gasteiger partial charge in [-0.15, -0.1) is 0 Å². The Morgan fingerprint density at radius 3 is 2.40 bits per heavy atom. The van der Waals surface area contributed by atoms with Gasteiger partial charge in [0.2, 0.25) is 5.95 Å². The van der Waals surface area contributed by atoms with Gasteiger partial charge in [-0.3, -0.25) is 14.7 Å². The number of aromatic nitrogens is 2. The Balaban J connectivity index is 1.44.